The lowest BCUT2D eigenvalue weighted by Gasteiger charge is -2.49. The molecule has 2 N–H and O–H groups in total. The van der Waals surface area contributed by atoms with E-state index in [4.69, 9.17) is 0 Å². The molecule has 3 fully saturated rings. The highest BCUT2D eigenvalue weighted by Gasteiger charge is 2.62. The van der Waals surface area contributed by atoms with Crippen LogP contribution in [0.2, 0.25) is 0 Å². The van der Waals surface area contributed by atoms with Gasteiger partial charge in [-0.15, -0.1) is 0 Å². The molecule has 6 heteroatoms. The number of phenols is 1. The molecule has 1 saturated heterocycles. The molecule has 3 aromatic rings. The number of aromatic nitrogens is 1. The molecule has 1 unspecified atom stereocenters. The van der Waals surface area contributed by atoms with E-state index in [-0.39, 0.29) is 22.4 Å². The Labute approximate surface area is 228 Å². The number of aromatic amines is 1. The van der Waals surface area contributed by atoms with Crippen LogP contribution in [0.3, 0.4) is 0 Å². The van der Waals surface area contributed by atoms with E-state index in [0.29, 0.717) is 36.7 Å². The SMILES string of the molecule is Cc1ccc(O)cc1[C@@]12Cc3[nH]c(=O)c(C(=O)N4Cc5ccccc5C4)cc3C[C@H]1[C@H]1C(CN1CC1CC1)C2. The Morgan fingerprint density at radius 3 is 2.59 bits per heavy atom. The van der Waals surface area contributed by atoms with E-state index in [1.165, 1.54) is 30.5 Å². The van der Waals surface area contributed by atoms with E-state index in [2.05, 4.69) is 28.9 Å². The number of aromatic hydroxyl groups is 1. The van der Waals surface area contributed by atoms with Gasteiger partial charge in [-0.1, -0.05) is 30.3 Å². The van der Waals surface area contributed by atoms with Crippen molar-refractivity contribution < 1.29 is 9.90 Å². The van der Waals surface area contributed by atoms with E-state index in [1.807, 2.05) is 30.3 Å². The molecule has 0 radical (unpaired) electrons. The number of rotatable bonds is 4. The Kier molecular flexibility index (Phi) is 5.01. The van der Waals surface area contributed by atoms with E-state index < -0.39 is 0 Å². The number of amides is 1. The average Bonchev–Trinajstić information content (AvgIpc) is 3.57. The van der Waals surface area contributed by atoms with Crippen molar-refractivity contribution in [1.82, 2.24) is 14.8 Å². The van der Waals surface area contributed by atoms with Crippen LogP contribution in [0.25, 0.3) is 0 Å². The fourth-order valence-electron chi connectivity index (χ4n) is 8.61. The van der Waals surface area contributed by atoms with Gasteiger partial charge in [0.15, 0.2) is 0 Å². The molecule has 4 atom stereocenters. The van der Waals surface area contributed by atoms with Crippen molar-refractivity contribution in [3.63, 3.8) is 0 Å². The van der Waals surface area contributed by atoms with Crippen molar-refractivity contribution in [1.29, 1.82) is 0 Å². The molecule has 3 aliphatic carbocycles. The van der Waals surface area contributed by atoms with Gasteiger partial charge in [0.05, 0.1) is 0 Å². The predicted octanol–water partition coefficient (Wildman–Crippen LogP) is 4.31. The Hall–Kier alpha value is -3.38. The first-order valence-electron chi connectivity index (χ1n) is 14.5. The molecule has 8 rings (SSSR count). The van der Waals surface area contributed by atoms with Crippen molar-refractivity contribution in [2.75, 3.05) is 13.1 Å². The molecule has 1 aromatic heterocycles. The lowest BCUT2D eigenvalue weighted by atomic mass is 9.62. The molecule has 2 aromatic carbocycles. The summed E-state index contributed by atoms with van der Waals surface area (Å²) in [4.78, 5) is 34.7. The summed E-state index contributed by atoms with van der Waals surface area (Å²) in [6, 6.07) is 16.4. The number of phenolic OH excluding ortho intramolecular Hbond substituents is 1. The number of aryl methyl sites for hydroxylation is 1. The molecular formula is C33H35N3O3. The quantitative estimate of drug-likeness (QED) is 0.537. The third kappa shape index (κ3) is 3.57. The number of likely N-dealkylation sites (tertiary alicyclic amines) is 1. The summed E-state index contributed by atoms with van der Waals surface area (Å²) in [5.41, 5.74) is 6.70. The maximum absolute atomic E-state index is 13.6. The van der Waals surface area contributed by atoms with Crippen molar-refractivity contribution in [2.24, 2.45) is 17.8 Å². The highest BCUT2D eigenvalue weighted by molar-refractivity contribution is 5.94. The molecule has 39 heavy (non-hydrogen) atoms. The second-order valence-corrected chi connectivity index (χ2v) is 12.9. The van der Waals surface area contributed by atoms with Gasteiger partial charge in [0.2, 0.25) is 0 Å². The van der Waals surface area contributed by atoms with Gasteiger partial charge in [0, 0.05) is 43.3 Å². The van der Waals surface area contributed by atoms with Crippen LogP contribution in [-0.2, 0) is 31.3 Å². The van der Waals surface area contributed by atoms with Gasteiger partial charge in [-0.05, 0) is 103 Å². The first kappa shape index (κ1) is 23.5. The third-order valence-corrected chi connectivity index (χ3v) is 10.6. The number of carbonyl (C=O) groups is 1. The Bertz CT molecular complexity index is 1550. The molecule has 200 valence electrons. The Morgan fingerprint density at radius 2 is 1.85 bits per heavy atom. The summed E-state index contributed by atoms with van der Waals surface area (Å²) < 4.78 is 0. The summed E-state index contributed by atoms with van der Waals surface area (Å²) in [5.74, 6) is 2.02. The number of H-pyrrole nitrogens is 1. The number of pyridine rings is 1. The Balaban J connectivity index is 1.17. The van der Waals surface area contributed by atoms with E-state index in [9.17, 15) is 14.7 Å². The van der Waals surface area contributed by atoms with Gasteiger partial charge < -0.3 is 15.0 Å². The zero-order chi connectivity index (χ0) is 26.5. The van der Waals surface area contributed by atoms with Crippen LogP contribution in [-0.4, -0.2) is 44.9 Å². The minimum absolute atomic E-state index is 0.117. The topological polar surface area (TPSA) is 76.6 Å². The number of fused-ring (bicyclic) bond motifs is 5. The van der Waals surface area contributed by atoms with Gasteiger partial charge in [0.25, 0.3) is 11.5 Å². The number of hydrogen-bond acceptors (Lipinski definition) is 4. The molecule has 0 bridgehead atoms. The zero-order valence-electron chi connectivity index (χ0n) is 22.5. The standard InChI is InChI=1S/C33H35N3O3/c1-19-6-9-25(37)12-27(19)33-13-24-18-35(15-20-7-8-20)30(24)28(33)11-23-10-26(31(38)34-29(23)14-33)32(39)36-16-21-4-2-3-5-22(21)17-36/h2-6,9-10,12,20,24,28,30,37H,7-8,11,13-18H2,1H3,(H,34,38)/t24?,28-,30+,33+/m0/s1. The van der Waals surface area contributed by atoms with Crippen LogP contribution >= 0.6 is 0 Å². The van der Waals surface area contributed by atoms with E-state index in [0.717, 1.165) is 54.1 Å². The van der Waals surface area contributed by atoms with Crippen LogP contribution in [0.1, 0.15) is 63.1 Å². The van der Waals surface area contributed by atoms with E-state index >= 15 is 0 Å². The van der Waals surface area contributed by atoms with E-state index in [1.54, 1.807) is 11.0 Å². The van der Waals surface area contributed by atoms with Crippen LogP contribution in [0.15, 0.2) is 53.3 Å². The molecule has 0 spiro atoms. The van der Waals surface area contributed by atoms with Gasteiger partial charge in [-0.25, -0.2) is 0 Å². The van der Waals surface area contributed by atoms with Gasteiger partial charge >= 0.3 is 0 Å². The van der Waals surface area contributed by atoms with Crippen LogP contribution in [0.4, 0.5) is 0 Å². The first-order valence-corrected chi connectivity index (χ1v) is 14.5. The number of hydrogen-bond donors (Lipinski definition) is 2. The summed E-state index contributed by atoms with van der Waals surface area (Å²) in [6.45, 7) is 5.60. The van der Waals surface area contributed by atoms with Crippen molar-refractivity contribution in [3.8, 4) is 5.75 Å². The minimum Gasteiger partial charge on any atom is -0.508 e. The number of benzene rings is 2. The minimum atomic E-state index is -0.285. The smallest absolute Gasteiger partial charge is 0.261 e. The predicted molar refractivity (Wildman–Crippen MR) is 149 cm³/mol. The summed E-state index contributed by atoms with van der Waals surface area (Å²) >= 11 is 0. The van der Waals surface area contributed by atoms with Gasteiger partial charge in [0.1, 0.15) is 11.3 Å². The zero-order valence-corrected chi connectivity index (χ0v) is 22.5. The lowest BCUT2D eigenvalue weighted by molar-refractivity contribution is 0.00552. The maximum atomic E-state index is 13.6. The molecule has 2 saturated carbocycles. The second-order valence-electron chi connectivity index (χ2n) is 12.9. The molecule has 1 amide bonds. The number of nitrogens with one attached hydrogen (secondary N) is 1. The normalized spacial score (nSPS) is 28.8. The van der Waals surface area contributed by atoms with Crippen molar-refractivity contribution >= 4 is 5.91 Å². The largest absolute Gasteiger partial charge is 0.508 e. The van der Waals surface area contributed by atoms with Crippen LogP contribution in [0.5, 0.6) is 5.75 Å². The summed E-state index contributed by atoms with van der Waals surface area (Å²) in [6.07, 6.45) is 5.39. The highest BCUT2D eigenvalue weighted by Crippen LogP contribution is 2.60. The highest BCUT2D eigenvalue weighted by atomic mass is 16.3. The third-order valence-electron chi connectivity index (χ3n) is 10.6. The molecule has 5 aliphatic rings. The first-order chi connectivity index (χ1) is 18.9. The van der Waals surface area contributed by atoms with Crippen molar-refractivity contribution in [3.05, 3.63) is 98.0 Å². The molecule has 6 nitrogen and oxygen atoms in total. The van der Waals surface area contributed by atoms with Crippen LogP contribution < -0.4 is 5.56 Å². The van der Waals surface area contributed by atoms with Crippen LogP contribution in [0, 0.1) is 24.7 Å². The second kappa shape index (κ2) is 8.31. The molecule has 3 heterocycles. The Morgan fingerprint density at radius 1 is 1.08 bits per heavy atom. The summed E-state index contributed by atoms with van der Waals surface area (Å²) in [7, 11) is 0. The molecular weight excluding hydrogens is 486 g/mol. The average molecular weight is 522 g/mol. The fourth-order valence-corrected chi connectivity index (χ4v) is 8.61. The number of nitrogens with zero attached hydrogens (tertiary/aromatic N) is 2. The summed E-state index contributed by atoms with van der Waals surface area (Å²) in [5, 5.41) is 10.5. The van der Waals surface area contributed by atoms with Crippen molar-refractivity contribution in [2.45, 2.75) is 63.6 Å². The maximum Gasteiger partial charge on any atom is 0.261 e. The fraction of sp³-hybridized carbons (Fsp3) is 0.455. The van der Waals surface area contributed by atoms with Gasteiger partial charge in [-0.3, -0.25) is 14.5 Å². The van der Waals surface area contributed by atoms with Gasteiger partial charge in [-0.2, -0.15) is 0 Å². The molecule has 2 aliphatic heterocycles. The monoisotopic (exact) mass is 521 g/mol. The lowest BCUT2D eigenvalue weighted by Crippen LogP contribution is -2.58. The number of carbonyl (C=O) groups excluding carboxylic acids is 1.